The maximum atomic E-state index is 4.92. The molecule has 0 spiro atoms. The molecule has 0 bridgehead atoms. The standard InChI is InChI=1S/C4H4Cl.Li/c1-2-3-4-5;/h2-3H,1H2;/q-1;+1. The molecular weight excluding hydrogens is 90.4 g/mol. The largest absolute Gasteiger partial charge is 1.00 e. The van der Waals surface area contributed by atoms with Gasteiger partial charge in [0.2, 0.25) is 0 Å². The van der Waals surface area contributed by atoms with E-state index in [2.05, 4.69) is 12.1 Å². The molecule has 0 atom stereocenters. The Labute approximate surface area is 55.1 Å². The molecular formula is C4H4ClLi. The van der Waals surface area contributed by atoms with Gasteiger partial charge < -0.3 is 0 Å². The quantitative estimate of drug-likeness (QED) is 0.216. The summed E-state index contributed by atoms with van der Waals surface area (Å²) in [6, 6.07) is 0. The SMILES string of the molecule is C=CC=[C-]Cl.[Li+]. The van der Waals surface area contributed by atoms with Crippen LogP contribution in [0.25, 0.3) is 0 Å². The maximum Gasteiger partial charge on any atom is 1.00 e. The first-order valence-electron chi connectivity index (χ1n) is 1.22. The van der Waals surface area contributed by atoms with Gasteiger partial charge in [0.05, 0.1) is 0 Å². The molecule has 0 saturated heterocycles. The van der Waals surface area contributed by atoms with Crippen LogP contribution < -0.4 is 18.9 Å². The fourth-order valence-corrected chi connectivity index (χ4v) is 0.134. The van der Waals surface area contributed by atoms with Gasteiger partial charge in [-0.15, -0.1) is 0 Å². The zero-order chi connectivity index (χ0) is 4.12. The third-order valence-corrected chi connectivity index (χ3v) is 0.307. The van der Waals surface area contributed by atoms with E-state index in [0.29, 0.717) is 0 Å². The molecule has 0 aromatic heterocycles. The number of hydrogen-bond donors (Lipinski definition) is 0. The summed E-state index contributed by atoms with van der Waals surface area (Å²) in [5, 5.41) is 0. The van der Waals surface area contributed by atoms with Crippen LogP contribution in [0, 0.1) is 5.54 Å². The average Bonchev–Trinajstić information content (AvgIpc) is 1.41. The molecule has 6 heavy (non-hydrogen) atoms. The van der Waals surface area contributed by atoms with Crippen molar-refractivity contribution < 1.29 is 18.9 Å². The zero-order valence-electron chi connectivity index (χ0n) is 3.74. The molecule has 0 unspecified atom stereocenters. The van der Waals surface area contributed by atoms with Gasteiger partial charge in [0.1, 0.15) is 0 Å². The van der Waals surface area contributed by atoms with E-state index < -0.39 is 0 Å². The molecule has 0 aliphatic heterocycles. The Hall–Kier alpha value is 0.367. The Balaban J connectivity index is 0. The normalized spacial score (nSPS) is 7.50. The van der Waals surface area contributed by atoms with E-state index >= 15 is 0 Å². The predicted octanol–water partition coefficient (Wildman–Crippen LogP) is -1.27. The van der Waals surface area contributed by atoms with Gasteiger partial charge in [-0.25, -0.2) is 23.8 Å². The predicted molar refractivity (Wildman–Crippen MR) is 23.9 cm³/mol. The molecule has 28 valence electrons. The van der Waals surface area contributed by atoms with E-state index in [1.54, 1.807) is 6.08 Å². The summed E-state index contributed by atoms with van der Waals surface area (Å²) in [6.07, 6.45) is 3.09. The minimum atomic E-state index is 0. The van der Waals surface area contributed by atoms with Crippen LogP contribution >= 0.6 is 11.6 Å². The van der Waals surface area contributed by atoms with Gasteiger partial charge in [-0.1, -0.05) is 0 Å². The molecule has 0 nitrogen and oxygen atoms in total. The first kappa shape index (κ1) is 9.62. The molecule has 0 N–H and O–H groups in total. The van der Waals surface area contributed by atoms with Crippen LogP contribution in [0.5, 0.6) is 0 Å². The minimum absolute atomic E-state index is 0. The van der Waals surface area contributed by atoms with E-state index in [-0.39, 0.29) is 18.9 Å². The van der Waals surface area contributed by atoms with Gasteiger partial charge in [-0.2, -0.15) is 12.1 Å². The van der Waals surface area contributed by atoms with E-state index in [9.17, 15) is 0 Å². The molecule has 2 heteroatoms. The van der Waals surface area contributed by atoms with Crippen LogP contribution in [0.3, 0.4) is 0 Å². The van der Waals surface area contributed by atoms with Crippen molar-refractivity contribution >= 4 is 11.6 Å². The molecule has 0 aromatic carbocycles. The first-order chi connectivity index (χ1) is 2.41. The Morgan fingerprint density at radius 3 is 2.17 bits per heavy atom. The number of rotatable bonds is 1. The Kier molecular flexibility index (Phi) is 14.5. The topological polar surface area (TPSA) is 0 Å². The van der Waals surface area contributed by atoms with Crippen LogP contribution in [0.2, 0.25) is 0 Å². The molecule has 0 saturated carbocycles. The van der Waals surface area contributed by atoms with E-state index in [1.165, 1.54) is 6.08 Å². The van der Waals surface area contributed by atoms with Crippen molar-refractivity contribution in [1.82, 2.24) is 0 Å². The van der Waals surface area contributed by atoms with Crippen molar-refractivity contribution in [1.29, 1.82) is 0 Å². The first-order valence-corrected chi connectivity index (χ1v) is 1.60. The third kappa shape index (κ3) is 8.84. The van der Waals surface area contributed by atoms with Crippen LogP contribution in [-0.2, 0) is 0 Å². The van der Waals surface area contributed by atoms with Crippen LogP contribution in [0.1, 0.15) is 0 Å². The molecule has 0 aliphatic rings. The monoisotopic (exact) mass is 94.0 g/mol. The summed E-state index contributed by atoms with van der Waals surface area (Å²) in [4.78, 5) is 0. The molecule has 0 amide bonds. The molecule has 0 heterocycles. The van der Waals surface area contributed by atoms with Gasteiger partial charge in [-0.05, 0) is 0 Å². The molecule has 0 aromatic rings. The smallest absolute Gasteiger partial charge is 0.224 e. The summed E-state index contributed by atoms with van der Waals surface area (Å²) in [5.74, 6) is 0. The number of hydrogen-bond acceptors (Lipinski definition) is 0. The van der Waals surface area contributed by atoms with Gasteiger partial charge in [-0.3, -0.25) is 0 Å². The second kappa shape index (κ2) is 9.03. The van der Waals surface area contributed by atoms with Crippen molar-refractivity contribution in [3.05, 3.63) is 24.3 Å². The second-order valence-electron chi connectivity index (χ2n) is 0.511. The van der Waals surface area contributed by atoms with E-state index in [0.717, 1.165) is 0 Å². The van der Waals surface area contributed by atoms with Gasteiger partial charge in [0.15, 0.2) is 0 Å². The summed E-state index contributed by atoms with van der Waals surface area (Å²) < 4.78 is 0. The van der Waals surface area contributed by atoms with E-state index in [4.69, 9.17) is 11.6 Å². The summed E-state index contributed by atoms with van der Waals surface area (Å²) in [6.45, 7) is 3.35. The minimum Gasteiger partial charge on any atom is -0.224 e. The Morgan fingerprint density at radius 2 is 2.17 bits per heavy atom. The van der Waals surface area contributed by atoms with Crippen molar-refractivity contribution in [3.63, 3.8) is 0 Å². The summed E-state index contributed by atoms with van der Waals surface area (Å²) in [5.41, 5.74) is 2.25. The molecule has 0 radical (unpaired) electrons. The fourth-order valence-electron chi connectivity index (χ4n) is 0.0445. The number of halogens is 1. The zero-order valence-corrected chi connectivity index (χ0v) is 4.50. The van der Waals surface area contributed by atoms with E-state index in [1.807, 2.05) is 0 Å². The van der Waals surface area contributed by atoms with Crippen molar-refractivity contribution in [2.45, 2.75) is 0 Å². The third-order valence-electron chi connectivity index (χ3n) is 0.181. The fraction of sp³-hybridized carbons (Fsp3) is 0. The Bertz CT molecular complexity index is 49.5. The molecule has 0 fully saturated rings. The van der Waals surface area contributed by atoms with Crippen LogP contribution in [0.4, 0.5) is 0 Å². The van der Waals surface area contributed by atoms with Gasteiger partial charge >= 0.3 is 18.9 Å². The van der Waals surface area contributed by atoms with Gasteiger partial charge in [0, 0.05) is 0 Å². The van der Waals surface area contributed by atoms with Crippen molar-refractivity contribution in [2.75, 3.05) is 0 Å². The van der Waals surface area contributed by atoms with Crippen molar-refractivity contribution in [3.8, 4) is 0 Å². The maximum absolute atomic E-state index is 4.92. The van der Waals surface area contributed by atoms with Crippen LogP contribution in [0.15, 0.2) is 18.7 Å². The second-order valence-corrected chi connectivity index (χ2v) is 0.730. The van der Waals surface area contributed by atoms with Crippen molar-refractivity contribution in [2.24, 2.45) is 0 Å². The average molecular weight is 94.5 g/mol. The number of allylic oxidation sites excluding steroid dienone is 2. The summed E-state index contributed by atoms with van der Waals surface area (Å²) >= 11 is 4.92. The Morgan fingerprint density at radius 1 is 1.67 bits per heavy atom. The van der Waals surface area contributed by atoms with Crippen LogP contribution in [-0.4, -0.2) is 0 Å². The van der Waals surface area contributed by atoms with Gasteiger partial charge in [0.25, 0.3) is 0 Å². The summed E-state index contributed by atoms with van der Waals surface area (Å²) in [7, 11) is 0. The molecule has 0 rings (SSSR count). The molecule has 0 aliphatic carbocycles.